The van der Waals surface area contributed by atoms with Crippen LogP contribution in [0.3, 0.4) is 0 Å². The zero-order valence-corrected chi connectivity index (χ0v) is 21.9. The first kappa shape index (κ1) is 26.0. The lowest BCUT2D eigenvalue weighted by Gasteiger charge is -2.47. The number of imide groups is 1. The molecule has 1 aromatic carbocycles. The zero-order valence-electron chi connectivity index (χ0n) is 21.9. The molecule has 2 saturated heterocycles. The summed E-state index contributed by atoms with van der Waals surface area (Å²) < 4.78 is 0. The SMILES string of the molecule is CCN1C(=O)N(CC)C(CCc2cc(O)ccc2C)(CCC2(O)CCCN(CC3CC3)C2C)C1=O. The van der Waals surface area contributed by atoms with E-state index in [1.54, 1.807) is 17.0 Å². The van der Waals surface area contributed by atoms with Crippen molar-refractivity contribution in [3.63, 3.8) is 0 Å². The summed E-state index contributed by atoms with van der Waals surface area (Å²) in [5.74, 6) is 0.822. The number of aryl methyl sites for hydroxylation is 2. The summed E-state index contributed by atoms with van der Waals surface area (Å²) in [6, 6.07) is 5.11. The predicted molar refractivity (Wildman–Crippen MR) is 136 cm³/mol. The molecule has 7 heteroatoms. The Morgan fingerprint density at radius 1 is 1.09 bits per heavy atom. The molecule has 2 N–H and O–H groups in total. The minimum absolute atomic E-state index is 0.0341. The van der Waals surface area contributed by atoms with E-state index < -0.39 is 11.1 Å². The number of benzene rings is 1. The van der Waals surface area contributed by atoms with Crippen molar-refractivity contribution in [1.29, 1.82) is 0 Å². The largest absolute Gasteiger partial charge is 0.508 e. The normalized spacial score (nSPS) is 29.9. The lowest BCUT2D eigenvalue weighted by atomic mass is 9.76. The van der Waals surface area contributed by atoms with Crippen molar-refractivity contribution in [3.8, 4) is 5.75 Å². The van der Waals surface area contributed by atoms with Crippen LogP contribution in [0, 0.1) is 12.8 Å². The molecule has 1 aliphatic carbocycles. The third-order valence-electron chi connectivity index (χ3n) is 8.94. The summed E-state index contributed by atoms with van der Waals surface area (Å²) in [5, 5.41) is 21.8. The number of amides is 3. The van der Waals surface area contributed by atoms with Gasteiger partial charge in [-0.1, -0.05) is 6.07 Å². The number of likely N-dealkylation sites (tertiary alicyclic amines) is 1. The number of aromatic hydroxyl groups is 1. The molecule has 3 atom stereocenters. The van der Waals surface area contributed by atoms with Crippen molar-refractivity contribution in [1.82, 2.24) is 14.7 Å². The standard InChI is InChI=1S/C28H43N3O4/c1-5-30-25(33)27(31(6-2)26(30)34,14-12-23-18-24(32)11-8-20(23)3)15-16-28(35)13-7-17-29(21(28)4)19-22-9-10-22/h8,11,18,21-22,32,35H,5-7,9-10,12-17,19H2,1-4H3. The van der Waals surface area contributed by atoms with Gasteiger partial charge in [-0.2, -0.15) is 0 Å². The number of aliphatic hydroxyl groups is 1. The average Bonchev–Trinajstić information content (AvgIpc) is 3.62. The van der Waals surface area contributed by atoms with Gasteiger partial charge in [0, 0.05) is 25.7 Å². The second kappa shape index (κ2) is 10.1. The number of hydrogen-bond donors (Lipinski definition) is 2. The van der Waals surface area contributed by atoms with Crippen molar-refractivity contribution >= 4 is 11.9 Å². The number of likely N-dealkylation sites (N-methyl/N-ethyl adjacent to an activating group) is 2. The highest BCUT2D eigenvalue weighted by Gasteiger charge is 2.56. The molecule has 7 nitrogen and oxygen atoms in total. The monoisotopic (exact) mass is 485 g/mol. The van der Waals surface area contributed by atoms with Gasteiger partial charge < -0.3 is 15.1 Å². The van der Waals surface area contributed by atoms with E-state index in [0.717, 1.165) is 43.0 Å². The lowest BCUT2D eigenvalue weighted by molar-refractivity contribution is -0.135. The van der Waals surface area contributed by atoms with Gasteiger partial charge in [-0.3, -0.25) is 14.6 Å². The van der Waals surface area contributed by atoms with Crippen LogP contribution in [0.2, 0.25) is 0 Å². The molecular formula is C28H43N3O4. The molecule has 35 heavy (non-hydrogen) atoms. The van der Waals surface area contributed by atoms with Crippen LogP contribution in [0.4, 0.5) is 4.79 Å². The minimum atomic E-state index is -0.978. The van der Waals surface area contributed by atoms with E-state index in [9.17, 15) is 19.8 Å². The van der Waals surface area contributed by atoms with Gasteiger partial charge >= 0.3 is 6.03 Å². The van der Waals surface area contributed by atoms with Gasteiger partial charge in [-0.15, -0.1) is 0 Å². The number of carbonyl (C=O) groups is 2. The van der Waals surface area contributed by atoms with Crippen LogP contribution in [-0.2, 0) is 11.2 Å². The number of phenolic OH excluding ortho intramolecular Hbond substituents is 1. The number of rotatable bonds is 10. The summed E-state index contributed by atoms with van der Waals surface area (Å²) >= 11 is 0. The van der Waals surface area contributed by atoms with Crippen LogP contribution in [0.15, 0.2) is 18.2 Å². The average molecular weight is 486 g/mol. The quantitative estimate of drug-likeness (QED) is 0.488. The highest BCUT2D eigenvalue weighted by Crippen LogP contribution is 2.42. The molecule has 2 heterocycles. The first-order chi connectivity index (χ1) is 16.6. The van der Waals surface area contributed by atoms with Crippen LogP contribution < -0.4 is 0 Å². The van der Waals surface area contributed by atoms with Crippen molar-refractivity contribution in [2.45, 2.75) is 96.2 Å². The Morgan fingerprint density at radius 2 is 1.83 bits per heavy atom. The fourth-order valence-corrected chi connectivity index (χ4v) is 6.35. The summed E-state index contributed by atoms with van der Waals surface area (Å²) in [6.45, 7) is 10.7. The smallest absolute Gasteiger partial charge is 0.327 e. The van der Waals surface area contributed by atoms with Gasteiger partial charge in [-0.25, -0.2) is 4.79 Å². The second-order valence-corrected chi connectivity index (χ2v) is 11.0. The highest BCUT2D eigenvalue weighted by molar-refractivity contribution is 6.07. The zero-order chi connectivity index (χ0) is 25.4. The fraction of sp³-hybridized carbons (Fsp3) is 0.714. The third kappa shape index (κ3) is 4.94. The molecule has 3 fully saturated rings. The Kier molecular flexibility index (Phi) is 7.49. The number of nitrogens with zero attached hydrogens (tertiary/aromatic N) is 3. The molecule has 0 radical (unpaired) electrons. The maximum absolute atomic E-state index is 13.8. The first-order valence-corrected chi connectivity index (χ1v) is 13.5. The fourth-order valence-electron chi connectivity index (χ4n) is 6.35. The molecule has 0 bridgehead atoms. The van der Waals surface area contributed by atoms with Crippen molar-refractivity contribution in [3.05, 3.63) is 29.3 Å². The maximum atomic E-state index is 13.8. The van der Waals surface area contributed by atoms with Crippen LogP contribution in [0.25, 0.3) is 0 Å². The molecule has 194 valence electrons. The predicted octanol–water partition coefficient (Wildman–Crippen LogP) is 4.08. The molecule has 1 aromatic rings. The molecule has 0 spiro atoms. The number of piperidine rings is 1. The van der Waals surface area contributed by atoms with E-state index in [1.165, 1.54) is 17.7 Å². The Hall–Kier alpha value is -2.12. The van der Waals surface area contributed by atoms with E-state index in [2.05, 4.69) is 11.8 Å². The Morgan fingerprint density at radius 3 is 2.49 bits per heavy atom. The number of urea groups is 1. The summed E-state index contributed by atoms with van der Waals surface area (Å²) in [4.78, 5) is 32.6. The van der Waals surface area contributed by atoms with E-state index in [0.29, 0.717) is 38.8 Å². The summed E-state index contributed by atoms with van der Waals surface area (Å²) in [7, 11) is 0. The third-order valence-corrected chi connectivity index (χ3v) is 8.94. The summed E-state index contributed by atoms with van der Waals surface area (Å²) in [6.07, 6.45) is 6.23. The van der Waals surface area contributed by atoms with E-state index in [1.807, 2.05) is 26.8 Å². The molecule has 3 unspecified atom stereocenters. The van der Waals surface area contributed by atoms with Crippen LogP contribution in [0.5, 0.6) is 5.75 Å². The minimum Gasteiger partial charge on any atom is -0.508 e. The van der Waals surface area contributed by atoms with Crippen LogP contribution >= 0.6 is 0 Å². The van der Waals surface area contributed by atoms with Gasteiger partial charge in [-0.05, 0) is 115 Å². The number of hydrogen-bond acceptors (Lipinski definition) is 5. The molecule has 3 amide bonds. The van der Waals surface area contributed by atoms with Crippen molar-refractivity contribution < 1.29 is 19.8 Å². The summed E-state index contributed by atoms with van der Waals surface area (Å²) in [5.41, 5.74) is 0.188. The van der Waals surface area contributed by atoms with Gasteiger partial charge in [0.15, 0.2) is 0 Å². The number of phenols is 1. The molecule has 1 saturated carbocycles. The molecular weight excluding hydrogens is 442 g/mol. The number of carbonyl (C=O) groups excluding carboxylic acids is 2. The Labute approximate surface area is 210 Å². The van der Waals surface area contributed by atoms with E-state index in [4.69, 9.17) is 0 Å². The molecule has 3 aliphatic rings. The first-order valence-electron chi connectivity index (χ1n) is 13.5. The van der Waals surface area contributed by atoms with Crippen molar-refractivity contribution in [2.24, 2.45) is 5.92 Å². The molecule has 0 aromatic heterocycles. The van der Waals surface area contributed by atoms with Gasteiger partial charge in [0.2, 0.25) is 0 Å². The second-order valence-electron chi connectivity index (χ2n) is 11.0. The highest BCUT2D eigenvalue weighted by atomic mass is 16.3. The van der Waals surface area contributed by atoms with Crippen LogP contribution in [-0.4, -0.2) is 80.2 Å². The Bertz CT molecular complexity index is 948. The van der Waals surface area contributed by atoms with Crippen LogP contribution in [0.1, 0.15) is 76.8 Å². The maximum Gasteiger partial charge on any atom is 0.327 e. The van der Waals surface area contributed by atoms with Gasteiger partial charge in [0.1, 0.15) is 11.3 Å². The Balaban J connectivity index is 1.59. The topological polar surface area (TPSA) is 84.3 Å². The van der Waals surface area contributed by atoms with Crippen molar-refractivity contribution in [2.75, 3.05) is 26.2 Å². The van der Waals surface area contributed by atoms with Gasteiger partial charge in [0.05, 0.1) is 5.60 Å². The lowest BCUT2D eigenvalue weighted by Crippen LogP contribution is -2.58. The van der Waals surface area contributed by atoms with E-state index >= 15 is 0 Å². The molecule has 2 aliphatic heterocycles. The van der Waals surface area contributed by atoms with E-state index in [-0.39, 0.29) is 23.7 Å². The molecule has 4 rings (SSSR count). The van der Waals surface area contributed by atoms with Gasteiger partial charge in [0.25, 0.3) is 5.91 Å².